The zero-order chi connectivity index (χ0) is 12.3. The van der Waals surface area contributed by atoms with Gasteiger partial charge in [0.25, 0.3) is 5.91 Å². The van der Waals surface area contributed by atoms with Crippen molar-refractivity contribution in [1.29, 1.82) is 0 Å². The molecule has 2 rings (SSSR count). The summed E-state index contributed by atoms with van der Waals surface area (Å²) in [6.07, 6.45) is 2.41. The fourth-order valence-corrected chi connectivity index (χ4v) is 2.09. The Morgan fingerprint density at radius 2 is 2.29 bits per heavy atom. The Hall–Kier alpha value is -1.13. The van der Waals surface area contributed by atoms with Gasteiger partial charge in [-0.2, -0.15) is 0 Å². The summed E-state index contributed by atoms with van der Waals surface area (Å²) in [4.78, 5) is 18.1. The molecule has 1 amide bonds. The van der Waals surface area contributed by atoms with Crippen molar-refractivity contribution in [2.75, 3.05) is 26.3 Å². The van der Waals surface area contributed by atoms with E-state index in [0.29, 0.717) is 36.9 Å². The normalized spacial score (nSPS) is 16.7. The van der Waals surface area contributed by atoms with Crippen LogP contribution < -0.4 is 0 Å². The van der Waals surface area contributed by atoms with E-state index in [2.05, 4.69) is 4.98 Å². The molecule has 1 fully saturated rings. The third-order valence-electron chi connectivity index (χ3n) is 2.73. The molecular formula is C12H15ClN2O2. The lowest BCUT2D eigenvalue weighted by Gasteiger charge is -2.20. The molecule has 0 radical (unpaired) electrons. The first-order valence-corrected chi connectivity index (χ1v) is 6.05. The SMILES string of the molecule is Cc1cc(Cl)c(C(=O)N2CCCOCC2)cn1. The highest BCUT2D eigenvalue weighted by Crippen LogP contribution is 2.18. The molecule has 0 unspecified atom stereocenters. The Morgan fingerprint density at radius 1 is 1.47 bits per heavy atom. The third-order valence-corrected chi connectivity index (χ3v) is 3.04. The van der Waals surface area contributed by atoms with E-state index in [9.17, 15) is 4.79 Å². The number of ether oxygens (including phenoxy) is 1. The number of nitrogens with zero attached hydrogens (tertiary/aromatic N) is 2. The van der Waals surface area contributed by atoms with E-state index in [-0.39, 0.29) is 5.91 Å². The largest absolute Gasteiger partial charge is 0.380 e. The predicted octanol–water partition coefficient (Wildman–Crippen LogP) is 1.91. The minimum absolute atomic E-state index is 0.0620. The van der Waals surface area contributed by atoms with Gasteiger partial charge < -0.3 is 9.64 Å². The molecule has 0 bridgehead atoms. The van der Waals surface area contributed by atoms with Gasteiger partial charge in [0.1, 0.15) is 0 Å². The average Bonchev–Trinajstić information content (AvgIpc) is 2.56. The number of carbonyl (C=O) groups is 1. The summed E-state index contributed by atoms with van der Waals surface area (Å²) in [5.74, 6) is -0.0620. The van der Waals surface area contributed by atoms with Crippen molar-refractivity contribution >= 4 is 17.5 Å². The van der Waals surface area contributed by atoms with Crippen LogP contribution in [0, 0.1) is 6.92 Å². The van der Waals surface area contributed by atoms with Gasteiger partial charge in [-0.3, -0.25) is 9.78 Å². The lowest BCUT2D eigenvalue weighted by Crippen LogP contribution is -2.33. The van der Waals surface area contributed by atoms with Gasteiger partial charge in [0.2, 0.25) is 0 Å². The number of pyridine rings is 1. The lowest BCUT2D eigenvalue weighted by atomic mass is 10.2. The molecule has 0 aromatic carbocycles. The molecule has 0 N–H and O–H groups in total. The van der Waals surface area contributed by atoms with Crippen LogP contribution in [0.2, 0.25) is 5.02 Å². The second-order valence-electron chi connectivity index (χ2n) is 4.06. The van der Waals surface area contributed by atoms with Crippen molar-refractivity contribution in [1.82, 2.24) is 9.88 Å². The van der Waals surface area contributed by atoms with Gasteiger partial charge in [-0.05, 0) is 19.4 Å². The Morgan fingerprint density at radius 3 is 3.06 bits per heavy atom. The first kappa shape index (κ1) is 12.3. The molecule has 92 valence electrons. The number of aryl methyl sites for hydroxylation is 1. The maximum absolute atomic E-state index is 12.2. The summed E-state index contributed by atoms with van der Waals surface area (Å²) in [5.41, 5.74) is 1.28. The van der Waals surface area contributed by atoms with Gasteiger partial charge in [0.05, 0.1) is 17.2 Å². The van der Waals surface area contributed by atoms with Crippen LogP contribution in [-0.4, -0.2) is 42.1 Å². The summed E-state index contributed by atoms with van der Waals surface area (Å²) < 4.78 is 5.32. The van der Waals surface area contributed by atoms with Crippen LogP contribution in [0.15, 0.2) is 12.3 Å². The second-order valence-corrected chi connectivity index (χ2v) is 4.47. The van der Waals surface area contributed by atoms with E-state index in [1.807, 2.05) is 6.92 Å². The zero-order valence-electron chi connectivity index (χ0n) is 9.78. The van der Waals surface area contributed by atoms with Crippen molar-refractivity contribution in [3.63, 3.8) is 0 Å². The van der Waals surface area contributed by atoms with E-state index >= 15 is 0 Å². The molecule has 5 heteroatoms. The van der Waals surface area contributed by atoms with Gasteiger partial charge in [0.15, 0.2) is 0 Å². The Kier molecular flexibility index (Phi) is 3.97. The van der Waals surface area contributed by atoms with Crippen molar-refractivity contribution in [2.45, 2.75) is 13.3 Å². The molecule has 1 aliphatic rings. The highest BCUT2D eigenvalue weighted by Gasteiger charge is 2.20. The van der Waals surface area contributed by atoms with Crippen LogP contribution in [0.4, 0.5) is 0 Å². The fourth-order valence-electron chi connectivity index (χ4n) is 1.80. The Bertz CT molecular complexity index is 415. The maximum Gasteiger partial charge on any atom is 0.257 e. The van der Waals surface area contributed by atoms with E-state index in [1.54, 1.807) is 17.2 Å². The number of amides is 1. The molecule has 1 aromatic heterocycles. The number of hydrogen-bond acceptors (Lipinski definition) is 3. The summed E-state index contributed by atoms with van der Waals surface area (Å²) in [6.45, 7) is 4.47. The number of rotatable bonds is 1. The summed E-state index contributed by atoms with van der Waals surface area (Å²) in [7, 11) is 0. The molecule has 1 saturated heterocycles. The van der Waals surface area contributed by atoms with Crippen LogP contribution in [0.3, 0.4) is 0 Å². The molecule has 0 saturated carbocycles. The molecule has 1 aromatic rings. The molecule has 0 spiro atoms. The van der Waals surface area contributed by atoms with Crippen LogP contribution in [0.5, 0.6) is 0 Å². The average molecular weight is 255 g/mol. The number of carbonyl (C=O) groups excluding carboxylic acids is 1. The fraction of sp³-hybridized carbons (Fsp3) is 0.500. The molecule has 0 aliphatic carbocycles. The highest BCUT2D eigenvalue weighted by molar-refractivity contribution is 6.33. The number of halogens is 1. The standard InChI is InChI=1S/C12H15ClN2O2/c1-9-7-11(13)10(8-14-9)12(16)15-3-2-5-17-6-4-15/h7-8H,2-6H2,1H3. The van der Waals surface area contributed by atoms with Gasteiger partial charge >= 0.3 is 0 Å². The van der Waals surface area contributed by atoms with E-state index in [0.717, 1.165) is 12.1 Å². The van der Waals surface area contributed by atoms with Crippen LogP contribution in [0.25, 0.3) is 0 Å². The van der Waals surface area contributed by atoms with Crippen molar-refractivity contribution in [3.05, 3.63) is 28.5 Å². The Labute approximate surface area is 106 Å². The summed E-state index contributed by atoms with van der Waals surface area (Å²) >= 11 is 6.07. The van der Waals surface area contributed by atoms with Crippen molar-refractivity contribution in [3.8, 4) is 0 Å². The van der Waals surface area contributed by atoms with Gasteiger partial charge in [-0.1, -0.05) is 11.6 Å². The molecule has 2 heterocycles. The topological polar surface area (TPSA) is 42.4 Å². The first-order chi connectivity index (χ1) is 8.18. The number of hydrogen-bond donors (Lipinski definition) is 0. The smallest absolute Gasteiger partial charge is 0.257 e. The van der Waals surface area contributed by atoms with E-state index in [4.69, 9.17) is 16.3 Å². The third kappa shape index (κ3) is 2.96. The van der Waals surface area contributed by atoms with Crippen molar-refractivity contribution < 1.29 is 9.53 Å². The first-order valence-electron chi connectivity index (χ1n) is 5.67. The van der Waals surface area contributed by atoms with Gasteiger partial charge in [-0.15, -0.1) is 0 Å². The predicted molar refractivity (Wildman–Crippen MR) is 65.3 cm³/mol. The molecule has 1 aliphatic heterocycles. The van der Waals surface area contributed by atoms with Crippen molar-refractivity contribution in [2.24, 2.45) is 0 Å². The second kappa shape index (κ2) is 5.47. The Balaban J connectivity index is 2.17. The quantitative estimate of drug-likeness (QED) is 0.769. The van der Waals surface area contributed by atoms with Gasteiger partial charge in [-0.25, -0.2) is 0 Å². The minimum atomic E-state index is -0.0620. The maximum atomic E-state index is 12.2. The van der Waals surface area contributed by atoms with E-state index in [1.165, 1.54) is 0 Å². The highest BCUT2D eigenvalue weighted by atomic mass is 35.5. The molecule has 4 nitrogen and oxygen atoms in total. The van der Waals surface area contributed by atoms with Gasteiger partial charge in [0, 0.05) is 31.6 Å². The summed E-state index contributed by atoms with van der Waals surface area (Å²) in [6, 6.07) is 1.71. The van der Waals surface area contributed by atoms with Crippen LogP contribution in [0.1, 0.15) is 22.5 Å². The molecule has 0 atom stereocenters. The minimum Gasteiger partial charge on any atom is -0.380 e. The lowest BCUT2D eigenvalue weighted by molar-refractivity contribution is 0.0741. The van der Waals surface area contributed by atoms with Crippen LogP contribution in [-0.2, 0) is 4.74 Å². The van der Waals surface area contributed by atoms with E-state index < -0.39 is 0 Å². The number of aromatic nitrogens is 1. The molecular weight excluding hydrogens is 240 g/mol. The van der Waals surface area contributed by atoms with Crippen LogP contribution >= 0.6 is 11.6 Å². The molecule has 17 heavy (non-hydrogen) atoms. The monoisotopic (exact) mass is 254 g/mol. The zero-order valence-corrected chi connectivity index (χ0v) is 10.5. The summed E-state index contributed by atoms with van der Waals surface area (Å²) in [5, 5.41) is 0.465.